The van der Waals surface area contributed by atoms with Gasteiger partial charge in [0.05, 0.1) is 0 Å². The topological polar surface area (TPSA) is 91.4 Å². The molecule has 19 heavy (non-hydrogen) atoms. The van der Waals surface area contributed by atoms with Gasteiger partial charge in [-0.15, -0.1) is 0 Å². The third kappa shape index (κ3) is 5.01. The molecule has 0 radical (unpaired) electrons. The number of nitrogens with zero attached hydrogens (tertiary/aromatic N) is 2. The first-order valence-electron chi connectivity index (χ1n) is 5.39. The van der Waals surface area contributed by atoms with Crippen LogP contribution in [0.4, 0.5) is 4.79 Å². The molecule has 2 N–H and O–H groups in total. The molecule has 0 aliphatic carbocycles. The maximum atomic E-state index is 11.8. The van der Waals surface area contributed by atoms with Crippen LogP contribution in [0.5, 0.6) is 0 Å². The molecular formula is C10H15ClN4O3S. The minimum atomic E-state index is -3.63. The molecule has 0 aliphatic rings. The fourth-order valence-electron chi connectivity index (χ4n) is 1.12. The smallest absolute Gasteiger partial charge is 0.316 e. The number of nitrogens with one attached hydrogen (secondary N) is 2. The van der Waals surface area contributed by atoms with Crippen LogP contribution in [0, 0.1) is 0 Å². The number of aromatic nitrogens is 1. The van der Waals surface area contributed by atoms with Crippen molar-refractivity contribution in [1.29, 1.82) is 0 Å². The predicted octanol–water partition coefficient (Wildman–Crippen LogP) is 0.285. The number of hydrogen-bond acceptors (Lipinski definition) is 4. The quantitative estimate of drug-likeness (QED) is 0.604. The number of sulfonamides is 1. The zero-order valence-corrected chi connectivity index (χ0v) is 12.1. The highest BCUT2D eigenvalue weighted by molar-refractivity contribution is 7.89. The molecule has 9 heteroatoms. The molecule has 7 nitrogen and oxygen atoms in total. The minimum Gasteiger partial charge on any atom is -0.337 e. The lowest BCUT2D eigenvalue weighted by Crippen LogP contribution is -2.39. The third-order valence-electron chi connectivity index (χ3n) is 2.11. The summed E-state index contributed by atoms with van der Waals surface area (Å²) >= 11 is 5.57. The summed E-state index contributed by atoms with van der Waals surface area (Å²) in [5, 5.41) is 2.76. The van der Waals surface area contributed by atoms with Gasteiger partial charge in [-0.3, -0.25) is 0 Å². The molecule has 1 aromatic rings. The summed E-state index contributed by atoms with van der Waals surface area (Å²) in [5.74, 6) is 0. The van der Waals surface area contributed by atoms with Crippen molar-refractivity contribution in [3.63, 3.8) is 0 Å². The van der Waals surface area contributed by atoms with E-state index in [1.807, 2.05) is 0 Å². The molecule has 106 valence electrons. The van der Waals surface area contributed by atoms with E-state index in [2.05, 4.69) is 15.0 Å². The number of carbonyl (C=O) groups is 1. The Balaban J connectivity index is 2.48. The lowest BCUT2D eigenvalue weighted by molar-refractivity contribution is 0.217. The van der Waals surface area contributed by atoms with Crippen LogP contribution in [0.1, 0.15) is 0 Å². The van der Waals surface area contributed by atoms with Crippen LogP contribution in [0.15, 0.2) is 23.2 Å². The van der Waals surface area contributed by atoms with Crippen LogP contribution >= 0.6 is 11.6 Å². The average molecular weight is 307 g/mol. The molecule has 0 spiro atoms. The molecule has 0 saturated heterocycles. The van der Waals surface area contributed by atoms with Gasteiger partial charge in [-0.05, 0) is 12.1 Å². The molecule has 1 aromatic heterocycles. The van der Waals surface area contributed by atoms with E-state index < -0.39 is 10.0 Å². The van der Waals surface area contributed by atoms with Gasteiger partial charge in [-0.1, -0.05) is 11.6 Å². The van der Waals surface area contributed by atoms with Gasteiger partial charge in [0.1, 0.15) is 10.0 Å². The summed E-state index contributed by atoms with van der Waals surface area (Å²) in [6.45, 7) is 0.280. The highest BCUT2D eigenvalue weighted by Gasteiger charge is 2.13. The summed E-state index contributed by atoms with van der Waals surface area (Å²) in [6.07, 6.45) is 1.17. The van der Waals surface area contributed by atoms with Crippen molar-refractivity contribution in [1.82, 2.24) is 19.9 Å². The van der Waals surface area contributed by atoms with E-state index in [1.54, 1.807) is 14.1 Å². The SMILES string of the molecule is CN(C)C(=O)NCCNS(=O)(=O)c1ccc(Cl)nc1. The molecule has 0 aliphatic heterocycles. The Morgan fingerprint density at radius 3 is 2.58 bits per heavy atom. The average Bonchev–Trinajstić information content (AvgIpc) is 2.34. The molecule has 0 atom stereocenters. The van der Waals surface area contributed by atoms with Gasteiger partial charge in [0.2, 0.25) is 10.0 Å². The zero-order chi connectivity index (χ0) is 14.5. The van der Waals surface area contributed by atoms with E-state index >= 15 is 0 Å². The summed E-state index contributed by atoms with van der Waals surface area (Å²) in [4.78, 5) is 16.3. The van der Waals surface area contributed by atoms with Crippen LogP contribution in [-0.4, -0.2) is 51.5 Å². The molecule has 0 aromatic carbocycles. The Bertz CT molecular complexity index is 530. The van der Waals surface area contributed by atoms with Crippen molar-refractivity contribution in [3.05, 3.63) is 23.5 Å². The largest absolute Gasteiger partial charge is 0.337 e. The van der Waals surface area contributed by atoms with Gasteiger partial charge in [0.25, 0.3) is 0 Å². The first-order chi connectivity index (χ1) is 8.83. The maximum absolute atomic E-state index is 11.8. The number of pyridine rings is 1. The van der Waals surface area contributed by atoms with Gasteiger partial charge in [-0.25, -0.2) is 22.9 Å². The summed E-state index contributed by atoms with van der Waals surface area (Å²) < 4.78 is 26.0. The van der Waals surface area contributed by atoms with Crippen molar-refractivity contribution in [3.8, 4) is 0 Å². The summed E-state index contributed by atoms with van der Waals surface area (Å²) in [7, 11) is -0.439. The predicted molar refractivity (Wildman–Crippen MR) is 71.5 cm³/mol. The normalized spacial score (nSPS) is 11.1. The zero-order valence-electron chi connectivity index (χ0n) is 10.6. The van der Waals surface area contributed by atoms with Crippen LogP contribution in [0.25, 0.3) is 0 Å². The highest BCUT2D eigenvalue weighted by Crippen LogP contribution is 2.10. The molecule has 0 saturated carbocycles. The fraction of sp³-hybridized carbons (Fsp3) is 0.400. The van der Waals surface area contributed by atoms with Crippen LogP contribution < -0.4 is 10.0 Å². The molecule has 0 bridgehead atoms. The van der Waals surface area contributed by atoms with E-state index in [0.29, 0.717) is 0 Å². The second-order valence-corrected chi connectivity index (χ2v) is 5.99. The first-order valence-corrected chi connectivity index (χ1v) is 7.25. The number of hydrogen-bond donors (Lipinski definition) is 2. The number of halogens is 1. The van der Waals surface area contributed by atoms with Gasteiger partial charge in [-0.2, -0.15) is 0 Å². The molecule has 0 unspecified atom stereocenters. The Kier molecular flexibility index (Phi) is 5.52. The minimum absolute atomic E-state index is 0.0239. The molecule has 0 fully saturated rings. The Hall–Kier alpha value is -1.38. The molecule has 1 rings (SSSR count). The Morgan fingerprint density at radius 2 is 2.05 bits per heavy atom. The van der Waals surface area contributed by atoms with Crippen molar-refractivity contribution in [2.75, 3.05) is 27.2 Å². The van der Waals surface area contributed by atoms with E-state index in [-0.39, 0.29) is 29.2 Å². The second kappa shape index (κ2) is 6.69. The number of urea groups is 1. The summed E-state index contributed by atoms with van der Waals surface area (Å²) in [6, 6.07) is 2.47. The van der Waals surface area contributed by atoms with Crippen molar-refractivity contribution >= 4 is 27.7 Å². The lowest BCUT2D eigenvalue weighted by atomic mass is 10.5. The van der Waals surface area contributed by atoms with Crippen LogP contribution in [-0.2, 0) is 10.0 Å². The first kappa shape index (κ1) is 15.7. The Morgan fingerprint density at radius 1 is 1.37 bits per heavy atom. The van der Waals surface area contributed by atoms with E-state index in [9.17, 15) is 13.2 Å². The van der Waals surface area contributed by atoms with Gasteiger partial charge < -0.3 is 10.2 Å². The monoisotopic (exact) mass is 306 g/mol. The van der Waals surface area contributed by atoms with Crippen LogP contribution in [0.2, 0.25) is 5.15 Å². The summed E-state index contributed by atoms with van der Waals surface area (Å²) in [5.41, 5.74) is 0. The number of carbonyl (C=O) groups excluding carboxylic acids is 1. The highest BCUT2D eigenvalue weighted by atomic mass is 35.5. The van der Waals surface area contributed by atoms with Gasteiger partial charge >= 0.3 is 6.03 Å². The van der Waals surface area contributed by atoms with Crippen molar-refractivity contribution in [2.24, 2.45) is 0 Å². The number of rotatable bonds is 5. The van der Waals surface area contributed by atoms with Crippen LogP contribution in [0.3, 0.4) is 0 Å². The Labute approximate surface area is 117 Å². The third-order valence-corrected chi connectivity index (χ3v) is 3.78. The van der Waals surface area contributed by atoms with E-state index in [4.69, 9.17) is 11.6 Å². The van der Waals surface area contributed by atoms with E-state index in [1.165, 1.54) is 23.2 Å². The molecule has 1 heterocycles. The standard InChI is InChI=1S/C10H15ClN4O3S/c1-15(2)10(16)12-5-6-14-19(17,18)8-3-4-9(11)13-7-8/h3-4,7,14H,5-6H2,1-2H3,(H,12,16). The lowest BCUT2D eigenvalue weighted by Gasteiger charge is -2.12. The number of amides is 2. The fourth-order valence-corrected chi connectivity index (χ4v) is 2.21. The van der Waals surface area contributed by atoms with Crippen molar-refractivity contribution in [2.45, 2.75) is 4.90 Å². The van der Waals surface area contributed by atoms with E-state index in [0.717, 1.165) is 0 Å². The molecule has 2 amide bonds. The molecular weight excluding hydrogens is 292 g/mol. The van der Waals surface area contributed by atoms with Gasteiger partial charge in [0, 0.05) is 33.4 Å². The second-order valence-electron chi connectivity index (χ2n) is 3.84. The van der Waals surface area contributed by atoms with Gasteiger partial charge in [0.15, 0.2) is 0 Å². The maximum Gasteiger partial charge on any atom is 0.316 e. The van der Waals surface area contributed by atoms with Crippen molar-refractivity contribution < 1.29 is 13.2 Å².